The van der Waals surface area contributed by atoms with E-state index < -0.39 is 9.84 Å². The molecule has 1 fully saturated rings. The number of hydrogen-bond acceptors (Lipinski definition) is 4. The van der Waals surface area contributed by atoms with E-state index in [1.807, 2.05) is 24.3 Å². The first-order valence-electron chi connectivity index (χ1n) is 9.36. The lowest BCUT2D eigenvalue weighted by atomic mass is 9.88. The molecule has 6 heteroatoms. The second kappa shape index (κ2) is 7.44. The summed E-state index contributed by atoms with van der Waals surface area (Å²) >= 11 is 0. The fourth-order valence-electron chi connectivity index (χ4n) is 3.81. The minimum atomic E-state index is -3.20. The van der Waals surface area contributed by atoms with Crippen LogP contribution < -0.4 is 0 Å². The van der Waals surface area contributed by atoms with Crippen LogP contribution in [0.3, 0.4) is 0 Å². The normalized spacial score (nSPS) is 19.2. The zero-order valence-corrected chi connectivity index (χ0v) is 16.2. The van der Waals surface area contributed by atoms with Gasteiger partial charge in [0.1, 0.15) is 5.65 Å². The van der Waals surface area contributed by atoms with Gasteiger partial charge in [-0.3, -0.25) is 0 Å². The maximum Gasteiger partial charge on any atom is 0.175 e. The summed E-state index contributed by atoms with van der Waals surface area (Å²) < 4.78 is 29.5. The van der Waals surface area contributed by atoms with Crippen LogP contribution >= 0.6 is 0 Å². The van der Waals surface area contributed by atoms with Gasteiger partial charge in [0.15, 0.2) is 9.84 Å². The van der Waals surface area contributed by atoms with Gasteiger partial charge in [-0.1, -0.05) is 12.1 Å². The number of sulfone groups is 1. The fraction of sp³-hybridized carbons (Fsp3) is 0.381. The largest absolute Gasteiger partial charge is 0.378 e. The third kappa shape index (κ3) is 4.06. The summed E-state index contributed by atoms with van der Waals surface area (Å²) in [6.07, 6.45) is 7.49. The molecule has 142 valence electrons. The van der Waals surface area contributed by atoms with E-state index in [0.29, 0.717) is 4.90 Å². The summed E-state index contributed by atoms with van der Waals surface area (Å²) in [5.74, 6) is 0.107. The first kappa shape index (κ1) is 18.2. The zero-order valence-electron chi connectivity index (χ0n) is 15.4. The number of nitrogens with zero attached hydrogens (tertiary/aromatic N) is 1. The monoisotopic (exact) mass is 384 g/mol. The molecule has 1 N–H and O–H groups in total. The Morgan fingerprint density at radius 3 is 2.70 bits per heavy atom. The first-order chi connectivity index (χ1) is 13.0. The highest BCUT2D eigenvalue weighted by Crippen LogP contribution is 2.34. The zero-order chi connectivity index (χ0) is 18.9. The van der Waals surface area contributed by atoms with Crippen molar-refractivity contribution < 1.29 is 13.2 Å². The van der Waals surface area contributed by atoms with Crippen molar-refractivity contribution in [3.05, 3.63) is 59.9 Å². The molecule has 2 aromatic heterocycles. The van der Waals surface area contributed by atoms with Crippen molar-refractivity contribution in [2.24, 2.45) is 0 Å². The van der Waals surface area contributed by atoms with Gasteiger partial charge in [-0.15, -0.1) is 0 Å². The molecule has 3 heterocycles. The van der Waals surface area contributed by atoms with Crippen molar-refractivity contribution in [3.8, 4) is 0 Å². The second-order valence-electron chi connectivity index (χ2n) is 7.28. The van der Waals surface area contributed by atoms with Crippen LogP contribution in [0, 0.1) is 0 Å². The fourth-order valence-corrected chi connectivity index (χ4v) is 4.44. The number of rotatable bonds is 5. The molecule has 1 saturated heterocycles. The van der Waals surface area contributed by atoms with Gasteiger partial charge in [0, 0.05) is 36.1 Å². The van der Waals surface area contributed by atoms with Crippen molar-refractivity contribution in [2.75, 3.05) is 12.9 Å². The molecule has 1 aliphatic rings. The van der Waals surface area contributed by atoms with E-state index in [2.05, 4.69) is 16.0 Å². The predicted octanol–water partition coefficient (Wildman–Crippen LogP) is 4.06. The molecule has 4 rings (SSSR count). The Morgan fingerprint density at radius 2 is 2.04 bits per heavy atom. The van der Waals surface area contributed by atoms with Gasteiger partial charge >= 0.3 is 0 Å². The molecule has 2 unspecified atom stereocenters. The molecule has 0 spiro atoms. The molecule has 1 aliphatic heterocycles. The molecule has 0 aliphatic carbocycles. The summed E-state index contributed by atoms with van der Waals surface area (Å²) in [7, 11) is -3.20. The van der Waals surface area contributed by atoms with Gasteiger partial charge in [0.05, 0.1) is 11.0 Å². The molecule has 2 atom stereocenters. The van der Waals surface area contributed by atoms with Crippen LogP contribution in [0.25, 0.3) is 11.0 Å². The lowest BCUT2D eigenvalue weighted by Gasteiger charge is -2.27. The lowest BCUT2D eigenvalue weighted by molar-refractivity contribution is 0.00876. The molecular formula is C21H24N2O3S. The number of aromatic amines is 1. The molecular weight excluding hydrogens is 360 g/mol. The summed E-state index contributed by atoms with van der Waals surface area (Å²) in [4.78, 5) is 8.19. The van der Waals surface area contributed by atoms with E-state index in [9.17, 15) is 8.42 Å². The Labute approximate surface area is 159 Å². The third-order valence-corrected chi connectivity index (χ3v) is 6.40. The van der Waals surface area contributed by atoms with Gasteiger partial charge in [0.2, 0.25) is 0 Å². The lowest BCUT2D eigenvalue weighted by Crippen LogP contribution is -2.22. The Bertz CT molecular complexity index is 986. The van der Waals surface area contributed by atoms with Crippen LogP contribution in [0.15, 0.2) is 53.6 Å². The summed E-state index contributed by atoms with van der Waals surface area (Å²) in [6.45, 7) is 0.818. The Balaban J connectivity index is 1.70. The van der Waals surface area contributed by atoms with Crippen LogP contribution in [0.1, 0.15) is 42.9 Å². The number of ether oxygens (including phenoxy) is 1. The van der Waals surface area contributed by atoms with Crippen LogP contribution in [0.4, 0.5) is 0 Å². The van der Waals surface area contributed by atoms with Crippen molar-refractivity contribution in [1.82, 2.24) is 9.97 Å². The van der Waals surface area contributed by atoms with Crippen molar-refractivity contribution in [2.45, 2.75) is 42.6 Å². The van der Waals surface area contributed by atoms with Crippen LogP contribution in [-0.4, -0.2) is 37.4 Å². The SMILES string of the molecule is CS(=O)(=O)c1ccc(C(CC2CCCCO2)c2cc3cccnc3[nH]2)cc1. The molecule has 1 aromatic carbocycles. The standard InChI is InChI=1S/C21H24N2O3S/c1-27(24,25)18-9-7-15(8-10-18)19(14-17-6-2-3-12-26-17)20-13-16-5-4-11-22-21(16)23-20/h4-5,7-11,13,17,19H,2-3,6,12,14H2,1H3,(H,22,23). The topological polar surface area (TPSA) is 72.1 Å². The van der Waals surface area contributed by atoms with Crippen LogP contribution in [0.2, 0.25) is 0 Å². The van der Waals surface area contributed by atoms with E-state index in [4.69, 9.17) is 4.74 Å². The Hall–Kier alpha value is -2.18. The second-order valence-corrected chi connectivity index (χ2v) is 9.30. The summed E-state index contributed by atoms with van der Waals surface area (Å²) in [5.41, 5.74) is 3.04. The molecule has 27 heavy (non-hydrogen) atoms. The molecule has 0 amide bonds. The molecule has 0 bridgehead atoms. The summed E-state index contributed by atoms with van der Waals surface area (Å²) in [5, 5.41) is 1.08. The smallest absolute Gasteiger partial charge is 0.175 e. The van der Waals surface area contributed by atoms with Crippen LogP contribution in [-0.2, 0) is 14.6 Å². The van der Waals surface area contributed by atoms with E-state index in [1.165, 1.54) is 12.7 Å². The van der Waals surface area contributed by atoms with Gasteiger partial charge < -0.3 is 9.72 Å². The van der Waals surface area contributed by atoms with E-state index >= 15 is 0 Å². The number of fused-ring (bicyclic) bond motifs is 1. The number of pyridine rings is 1. The highest BCUT2D eigenvalue weighted by molar-refractivity contribution is 7.90. The highest BCUT2D eigenvalue weighted by atomic mass is 32.2. The summed E-state index contributed by atoms with van der Waals surface area (Å²) in [6, 6.07) is 13.3. The third-order valence-electron chi connectivity index (χ3n) is 5.27. The van der Waals surface area contributed by atoms with Gasteiger partial charge in [0.25, 0.3) is 0 Å². The quantitative estimate of drug-likeness (QED) is 0.720. The number of H-pyrrole nitrogens is 1. The van der Waals surface area contributed by atoms with Crippen molar-refractivity contribution in [3.63, 3.8) is 0 Å². The average molecular weight is 385 g/mol. The molecule has 3 aromatic rings. The van der Waals surface area contributed by atoms with Gasteiger partial charge in [-0.2, -0.15) is 0 Å². The average Bonchev–Trinajstić information content (AvgIpc) is 3.10. The minimum Gasteiger partial charge on any atom is -0.378 e. The van der Waals surface area contributed by atoms with E-state index in [1.54, 1.807) is 18.3 Å². The maximum atomic E-state index is 11.8. The molecule has 0 radical (unpaired) electrons. The van der Waals surface area contributed by atoms with E-state index in [-0.39, 0.29) is 12.0 Å². The van der Waals surface area contributed by atoms with Crippen molar-refractivity contribution >= 4 is 20.9 Å². The van der Waals surface area contributed by atoms with Gasteiger partial charge in [-0.25, -0.2) is 13.4 Å². The number of aromatic nitrogens is 2. The number of benzene rings is 1. The Kier molecular flexibility index (Phi) is 5.02. The predicted molar refractivity (Wildman–Crippen MR) is 106 cm³/mol. The van der Waals surface area contributed by atoms with Crippen LogP contribution in [0.5, 0.6) is 0 Å². The molecule has 5 nitrogen and oxygen atoms in total. The number of nitrogens with one attached hydrogen (secondary N) is 1. The molecule has 0 saturated carbocycles. The first-order valence-corrected chi connectivity index (χ1v) is 11.2. The Morgan fingerprint density at radius 1 is 1.22 bits per heavy atom. The number of hydrogen-bond donors (Lipinski definition) is 1. The minimum absolute atomic E-state index is 0.107. The highest BCUT2D eigenvalue weighted by Gasteiger charge is 2.24. The van der Waals surface area contributed by atoms with Crippen molar-refractivity contribution in [1.29, 1.82) is 0 Å². The van der Waals surface area contributed by atoms with Gasteiger partial charge in [-0.05, 0) is 61.6 Å². The van der Waals surface area contributed by atoms with E-state index in [0.717, 1.165) is 48.2 Å². The maximum absolute atomic E-state index is 11.8.